The van der Waals surface area contributed by atoms with E-state index in [0.717, 1.165) is 11.3 Å². The minimum atomic E-state index is 0.943. The Labute approximate surface area is 81.6 Å². The van der Waals surface area contributed by atoms with E-state index in [0.29, 0.717) is 0 Å². The van der Waals surface area contributed by atoms with Crippen molar-refractivity contribution in [3.63, 3.8) is 0 Å². The summed E-state index contributed by atoms with van der Waals surface area (Å²) in [5, 5.41) is 2.14. The Balaban J connectivity index is 2.78. The van der Waals surface area contributed by atoms with Crippen LogP contribution in [0.5, 0.6) is 0 Å². The van der Waals surface area contributed by atoms with E-state index >= 15 is 0 Å². The maximum atomic E-state index is 6.17. The molecule has 1 aromatic carbocycles. The van der Waals surface area contributed by atoms with Gasteiger partial charge in [0.25, 0.3) is 0 Å². The first-order chi connectivity index (χ1) is 5.83. The van der Waals surface area contributed by atoms with Crippen LogP contribution in [0.3, 0.4) is 0 Å². The average Bonchev–Trinajstić information content (AvgIpc) is 2.44. The second-order valence-electron chi connectivity index (χ2n) is 2.69. The summed E-state index contributed by atoms with van der Waals surface area (Å²) in [6.45, 7) is 0. The molecule has 0 aliphatic carbocycles. The number of fused-ring (bicyclic) bond motifs is 1. The highest BCUT2D eigenvalue weighted by atomic mass is 35.5. The van der Waals surface area contributed by atoms with Crippen LogP contribution in [-0.2, 0) is 6.32 Å². The first-order valence-electron chi connectivity index (χ1n) is 3.99. The van der Waals surface area contributed by atoms with Gasteiger partial charge in [-0.05, 0) is 12.4 Å². The van der Waals surface area contributed by atoms with E-state index in [9.17, 15) is 0 Å². The van der Waals surface area contributed by atoms with Crippen LogP contribution < -0.4 is 0 Å². The summed E-state index contributed by atoms with van der Waals surface area (Å²) in [5.41, 5.74) is 0. The van der Waals surface area contributed by atoms with Gasteiger partial charge < -0.3 is 0 Å². The van der Waals surface area contributed by atoms with Gasteiger partial charge in [-0.25, -0.2) is 0 Å². The third-order valence-corrected chi connectivity index (χ3v) is 3.78. The van der Waals surface area contributed by atoms with Gasteiger partial charge in [-0.1, -0.05) is 29.8 Å². The molecule has 60 valence electrons. The zero-order chi connectivity index (χ0) is 8.55. The number of hydrogen-bond donors (Lipinski definition) is 0. The first-order valence-corrected chi connectivity index (χ1v) is 5.18. The molecule has 0 saturated carbocycles. The number of halogens is 1. The summed E-state index contributed by atoms with van der Waals surface area (Å²) in [5.74, 6) is 0. The lowest BCUT2D eigenvalue weighted by atomic mass is 10.0. The minimum Gasteiger partial charge on any atom is -0.139 e. The summed E-state index contributed by atoms with van der Waals surface area (Å²) in [7, 11) is 2.14. The molecule has 0 aliphatic heterocycles. The van der Waals surface area contributed by atoms with Gasteiger partial charge in [-0.3, -0.25) is 0 Å². The summed E-state index contributed by atoms with van der Waals surface area (Å²) in [6, 6.07) is 8.27. The molecule has 1 heterocycles. The Morgan fingerprint density at radius 1 is 1.33 bits per heavy atom. The van der Waals surface area contributed by atoms with Crippen LogP contribution in [0, 0.1) is 0 Å². The average molecular weight is 194 g/mol. The Morgan fingerprint density at radius 3 is 2.75 bits per heavy atom. The molecular formula is C9H8BClS. The van der Waals surface area contributed by atoms with Gasteiger partial charge in [-0.2, -0.15) is 0 Å². The summed E-state index contributed by atoms with van der Waals surface area (Å²) in [4.78, 5) is 1.29. The van der Waals surface area contributed by atoms with Crippen LogP contribution in [0.1, 0.15) is 4.88 Å². The number of thiophene rings is 1. The molecule has 0 amide bonds. The standard InChI is InChI=1S/C9H8BClS/c10-5-8-9(11)6-3-1-2-4-7(6)12-8/h1-4H,5,10H2. The fourth-order valence-corrected chi connectivity index (χ4v) is 2.80. The molecule has 2 aromatic rings. The number of benzene rings is 1. The molecule has 0 nitrogen and oxygen atoms in total. The van der Waals surface area contributed by atoms with Crippen molar-refractivity contribution in [1.82, 2.24) is 0 Å². The normalized spacial score (nSPS) is 10.8. The van der Waals surface area contributed by atoms with Crippen molar-refractivity contribution in [2.45, 2.75) is 6.32 Å². The van der Waals surface area contributed by atoms with Crippen molar-refractivity contribution < 1.29 is 0 Å². The van der Waals surface area contributed by atoms with E-state index in [1.165, 1.54) is 15.0 Å². The third-order valence-electron chi connectivity index (χ3n) is 1.92. The topological polar surface area (TPSA) is 0 Å². The van der Waals surface area contributed by atoms with Crippen LogP contribution >= 0.6 is 22.9 Å². The maximum absolute atomic E-state index is 6.17. The number of hydrogen-bond acceptors (Lipinski definition) is 1. The van der Waals surface area contributed by atoms with E-state index in [1.807, 2.05) is 6.07 Å². The quantitative estimate of drug-likeness (QED) is 0.613. The molecule has 0 aliphatic rings. The van der Waals surface area contributed by atoms with Gasteiger partial charge in [0.1, 0.15) is 7.85 Å². The van der Waals surface area contributed by atoms with Crippen molar-refractivity contribution in [3.05, 3.63) is 34.2 Å². The van der Waals surface area contributed by atoms with Crippen molar-refractivity contribution in [2.24, 2.45) is 0 Å². The highest BCUT2D eigenvalue weighted by molar-refractivity contribution is 7.20. The highest BCUT2D eigenvalue weighted by Gasteiger charge is 2.06. The Hall–Kier alpha value is -0.465. The third kappa shape index (κ3) is 1.15. The predicted molar refractivity (Wildman–Crippen MR) is 59.1 cm³/mol. The van der Waals surface area contributed by atoms with Gasteiger partial charge in [0.15, 0.2) is 0 Å². The minimum absolute atomic E-state index is 0.943. The maximum Gasteiger partial charge on any atom is 0.108 e. The van der Waals surface area contributed by atoms with E-state index in [4.69, 9.17) is 11.6 Å². The second-order valence-corrected chi connectivity index (χ2v) is 4.20. The fourth-order valence-electron chi connectivity index (χ4n) is 1.29. The van der Waals surface area contributed by atoms with Crippen molar-refractivity contribution in [1.29, 1.82) is 0 Å². The predicted octanol–water partition coefficient (Wildman–Crippen LogP) is 2.69. The molecule has 0 bridgehead atoms. The van der Waals surface area contributed by atoms with Crippen LogP contribution in [0.2, 0.25) is 5.02 Å². The summed E-state index contributed by atoms with van der Waals surface area (Å²) < 4.78 is 1.29. The van der Waals surface area contributed by atoms with Crippen molar-refractivity contribution in [2.75, 3.05) is 0 Å². The molecule has 0 unspecified atom stereocenters. The molecule has 2 rings (SSSR count). The van der Waals surface area contributed by atoms with Gasteiger partial charge in [0, 0.05) is 15.0 Å². The Morgan fingerprint density at radius 2 is 2.08 bits per heavy atom. The summed E-state index contributed by atoms with van der Waals surface area (Å²) in [6.07, 6.45) is 1.03. The van der Waals surface area contributed by atoms with E-state index < -0.39 is 0 Å². The molecule has 0 fully saturated rings. The van der Waals surface area contributed by atoms with Gasteiger partial charge in [-0.15, -0.1) is 11.3 Å². The van der Waals surface area contributed by atoms with Crippen LogP contribution in [-0.4, -0.2) is 7.85 Å². The lowest BCUT2D eigenvalue weighted by Gasteiger charge is -1.88. The zero-order valence-electron chi connectivity index (χ0n) is 6.80. The van der Waals surface area contributed by atoms with Gasteiger partial charge in [0.05, 0.1) is 5.02 Å². The highest BCUT2D eigenvalue weighted by Crippen LogP contribution is 2.34. The first kappa shape index (κ1) is 8.15. The molecule has 1 aromatic heterocycles. The van der Waals surface area contributed by atoms with Crippen LogP contribution in [0.15, 0.2) is 24.3 Å². The number of rotatable bonds is 1. The summed E-state index contributed by atoms with van der Waals surface area (Å²) >= 11 is 7.96. The largest absolute Gasteiger partial charge is 0.139 e. The van der Waals surface area contributed by atoms with E-state index in [2.05, 4.69) is 26.0 Å². The molecule has 3 heteroatoms. The van der Waals surface area contributed by atoms with Gasteiger partial charge >= 0.3 is 0 Å². The monoisotopic (exact) mass is 194 g/mol. The van der Waals surface area contributed by atoms with Crippen LogP contribution in [0.25, 0.3) is 10.1 Å². The Kier molecular flexibility index (Phi) is 2.12. The van der Waals surface area contributed by atoms with Gasteiger partial charge in [0.2, 0.25) is 0 Å². The van der Waals surface area contributed by atoms with E-state index in [-0.39, 0.29) is 0 Å². The molecular weight excluding hydrogens is 186 g/mol. The SMILES string of the molecule is BCc1sc2ccccc2c1Cl. The molecule has 0 radical (unpaired) electrons. The van der Waals surface area contributed by atoms with Crippen LogP contribution in [0.4, 0.5) is 0 Å². The molecule has 0 spiro atoms. The fraction of sp³-hybridized carbons (Fsp3) is 0.111. The molecule has 0 saturated heterocycles. The van der Waals surface area contributed by atoms with E-state index in [1.54, 1.807) is 11.3 Å². The Bertz CT molecular complexity index is 408. The zero-order valence-corrected chi connectivity index (χ0v) is 8.38. The molecule has 0 N–H and O–H groups in total. The van der Waals surface area contributed by atoms with Crippen molar-refractivity contribution in [3.8, 4) is 0 Å². The second kappa shape index (κ2) is 3.12. The molecule has 0 atom stereocenters. The molecule has 12 heavy (non-hydrogen) atoms. The van der Waals surface area contributed by atoms with Crippen molar-refractivity contribution >= 4 is 40.9 Å². The lowest BCUT2D eigenvalue weighted by molar-refractivity contribution is 1.54. The smallest absolute Gasteiger partial charge is 0.108 e. The lowest BCUT2D eigenvalue weighted by Crippen LogP contribution is -1.75.